The zero-order valence-corrected chi connectivity index (χ0v) is 14.3. The molecule has 1 aliphatic heterocycles. The van der Waals surface area contributed by atoms with E-state index in [9.17, 15) is 20.2 Å². The third-order valence-corrected chi connectivity index (χ3v) is 5.54. The third-order valence-electron chi connectivity index (χ3n) is 3.10. The van der Waals surface area contributed by atoms with Crippen LogP contribution in [0.1, 0.15) is 6.42 Å². The number of nitrogens with zero attached hydrogens (tertiary/aromatic N) is 2. The van der Waals surface area contributed by atoms with Crippen LogP contribution < -0.4 is 5.32 Å². The number of hydrogen-bond donors (Lipinski definition) is 1. The first-order valence-electron chi connectivity index (χ1n) is 7.22. The quantitative estimate of drug-likeness (QED) is 0.285. The second-order valence-electron chi connectivity index (χ2n) is 4.75. The van der Waals surface area contributed by atoms with Crippen LogP contribution in [-0.4, -0.2) is 47.4 Å². The Bertz CT molecular complexity index is 583. The molecule has 11 heteroatoms. The van der Waals surface area contributed by atoms with Crippen molar-refractivity contribution >= 4 is 38.6 Å². The van der Waals surface area contributed by atoms with Gasteiger partial charge < -0.3 is 14.8 Å². The molecule has 0 bridgehead atoms. The average molecular weight is 375 g/mol. The van der Waals surface area contributed by atoms with Crippen molar-refractivity contribution in [3.05, 3.63) is 38.4 Å². The molecule has 1 heterocycles. The summed E-state index contributed by atoms with van der Waals surface area (Å²) in [5.74, 6) is 1.64. The minimum absolute atomic E-state index is 0.0982. The van der Waals surface area contributed by atoms with E-state index in [1.165, 1.54) is 12.1 Å². The Kier molecular flexibility index (Phi) is 7.56. The second-order valence-corrected chi connectivity index (χ2v) is 7.45. The third kappa shape index (κ3) is 5.82. The fraction of sp³-hybridized carbons (Fsp3) is 0.538. The number of nitro benzene ring substituents is 2. The van der Waals surface area contributed by atoms with Gasteiger partial charge in [0.1, 0.15) is 5.69 Å². The Morgan fingerprint density at radius 3 is 2.50 bits per heavy atom. The Balaban J connectivity index is 1.69. The molecule has 2 rings (SSSR count). The molecule has 1 aliphatic rings. The summed E-state index contributed by atoms with van der Waals surface area (Å²) < 4.78 is 10.7. The number of anilines is 1. The van der Waals surface area contributed by atoms with E-state index in [0.29, 0.717) is 19.8 Å². The number of nitrogens with one attached hydrogen (secondary N) is 1. The minimum Gasteiger partial charge on any atom is -0.379 e. The van der Waals surface area contributed by atoms with Gasteiger partial charge in [0.2, 0.25) is 0 Å². The first kappa shape index (κ1) is 18.8. The molecule has 1 aromatic carbocycles. The van der Waals surface area contributed by atoms with Crippen molar-refractivity contribution in [1.29, 1.82) is 0 Å². The van der Waals surface area contributed by atoms with E-state index in [0.717, 1.165) is 24.0 Å². The normalized spacial score (nSPS) is 14.7. The maximum Gasteiger partial charge on any atom is 0.299 e. The van der Waals surface area contributed by atoms with Crippen molar-refractivity contribution in [1.82, 2.24) is 0 Å². The highest BCUT2D eigenvalue weighted by atomic mass is 33.1. The van der Waals surface area contributed by atoms with Gasteiger partial charge in [0.15, 0.2) is 6.29 Å². The van der Waals surface area contributed by atoms with E-state index in [4.69, 9.17) is 9.47 Å². The standard InChI is InChI=1S/C13H17N3O6S2/c17-15(18)10-1-2-11(12(9-10)16(19)20)14-4-8-24-23-7-3-13-21-5-6-22-13/h1-2,9,13-14H,3-8H2. The largest absolute Gasteiger partial charge is 0.379 e. The van der Waals surface area contributed by atoms with Gasteiger partial charge in [-0.05, 0) is 6.07 Å². The number of nitro groups is 2. The number of ether oxygens (including phenoxy) is 2. The van der Waals surface area contributed by atoms with Crippen LogP contribution in [0.2, 0.25) is 0 Å². The van der Waals surface area contributed by atoms with Crippen molar-refractivity contribution in [2.24, 2.45) is 0 Å². The maximum atomic E-state index is 11.0. The molecule has 0 amide bonds. The number of benzene rings is 1. The molecule has 0 radical (unpaired) electrons. The summed E-state index contributed by atoms with van der Waals surface area (Å²) in [6, 6.07) is 3.58. The molecular weight excluding hydrogens is 358 g/mol. The molecule has 1 saturated heterocycles. The van der Waals surface area contributed by atoms with Crippen LogP contribution in [0.15, 0.2) is 18.2 Å². The predicted molar refractivity (Wildman–Crippen MR) is 93.5 cm³/mol. The lowest BCUT2D eigenvalue weighted by atomic mass is 10.2. The van der Waals surface area contributed by atoms with E-state index in [1.54, 1.807) is 21.6 Å². The topological polar surface area (TPSA) is 117 Å². The first-order valence-corrected chi connectivity index (χ1v) is 9.71. The van der Waals surface area contributed by atoms with Gasteiger partial charge >= 0.3 is 0 Å². The lowest BCUT2D eigenvalue weighted by molar-refractivity contribution is -0.393. The van der Waals surface area contributed by atoms with Crippen molar-refractivity contribution in [3.8, 4) is 0 Å². The number of non-ortho nitro benzene ring substituents is 1. The monoisotopic (exact) mass is 375 g/mol. The summed E-state index contributed by atoms with van der Waals surface area (Å²) in [6.07, 6.45) is 0.734. The van der Waals surface area contributed by atoms with E-state index in [1.807, 2.05) is 0 Å². The first-order chi connectivity index (χ1) is 11.6. The summed E-state index contributed by atoms with van der Waals surface area (Å²) >= 11 is 0. The van der Waals surface area contributed by atoms with Crippen molar-refractivity contribution in [2.45, 2.75) is 12.7 Å². The average Bonchev–Trinajstić information content (AvgIpc) is 3.07. The van der Waals surface area contributed by atoms with Gasteiger partial charge in [-0.25, -0.2) is 0 Å². The van der Waals surface area contributed by atoms with Crippen LogP contribution in [0.3, 0.4) is 0 Å². The van der Waals surface area contributed by atoms with E-state index in [2.05, 4.69) is 5.32 Å². The van der Waals surface area contributed by atoms with Crippen LogP contribution >= 0.6 is 21.6 Å². The summed E-state index contributed by atoms with van der Waals surface area (Å²) in [5, 5.41) is 24.6. The minimum atomic E-state index is -0.652. The molecule has 132 valence electrons. The van der Waals surface area contributed by atoms with E-state index < -0.39 is 9.85 Å². The molecule has 1 N–H and O–H groups in total. The van der Waals surface area contributed by atoms with Gasteiger partial charge in [-0.2, -0.15) is 0 Å². The molecule has 0 saturated carbocycles. The molecule has 0 spiro atoms. The smallest absolute Gasteiger partial charge is 0.299 e. The molecule has 9 nitrogen and oxygen atoms in total. The van der Waals surface area contributed by atoms with Crippen molar-refractivity contribution in [2.75, 3.05) is 36.6 Å². The highest BCUT2D eigenvalue weighted by Crippen LogP contribution is 2.29. The lowest BCUT2D eigenvalue weighted by Gasteiger charge is -2.08. The zero-order valence-electron chi connectivity index (χ0n) is 12.7. The van der Waals surface area contributed by atoms with Gasteiger partial charge in [0.05, 0.1) is 29.1 Å². The molecule has 0 aromatic heterocycles. The zero-order chi connectivity index (χ0) is 17.4. The molecule has 0 unspecified atom stereocenters. The molecule has 24 heavy (non-hydrogen) atoms. The Morgan fingerprint density at radius 1 is 1.12 bits per heavy atom. The van der Waals surface area contributed by atoms with Crippen LogP contribution in [0.25, 0.3) is 0 Å². The Hall–Kier alpha value is -1.56. The second kappa shape index (κ2) is 9.67. The van der Waals surface area contributed by atoms with Gasteiger partial charge in [0, 0.05) is 30.5 Å². The predicted octanol–water partition coefficient (Wildman–Crippen LogP) is 3.06. The Labute approximate surface area is 146 Å². The molecular formula is C13H17N3O6S2. The van der Waals surface area contributed by atoms with E-state index in [-0.39, 0.29) is 23.4 Å². The molecule has 1 aromatic rings. The van der Waals surface area contributed by atoms with Crippen LogP contribution in [0, 0.1) is 20.2 Å². The van der Waals surface area contributed by atoms with Crippen LogP contribution in [-0.2, 0) is 9.47 Å². The molecule has 0 aliphatic carbocycles. The summed E-state index contributed by atoms with van der Waals surface area (Å²) in [4.78, 5) is 20.4. The summed E-state index contributed by atoms with van der Waals surface area (Å²) in [6.45, 7) is 1.83. The lowest BCUT2D eigenvalue weighted by Crippen LogP contribution is -2.08. The van der Waals surface area contributed by atoms with Gasteiger partial charge in [-0.1, -0.05) is 21.6 Å². The van der Waals surface area contributed by atoms with Crippen LogP contribution in [0.5, 0.6) is 0 Å². The number of hydrogen-bond acceptors (Lipinski definition) is 9. The maximum absolute atomic E-state index is 11.0. The number of rotatable bonds is 10. The fourth-order valence-corrected chi connectivity index (χ4v) is 3.95. The van der Waals surface area contributed by atoms with Crippen molar-refractivity contribution < 1.29 is 19.3 Å². The SMILES string of the molecule is O=[N+]([O-])c1ccc(NCCSSCCC2OCCO2)c([N+](=O)[O-])c1. The fourth-order valence-electron chi connectivity index (χ4n) is 2.00. The summed E-state index contributed by atoms with van der Waals surface area (Å²) in [5.41, 5.74) is -0.310. The van der Waals surface area contributed by atoms with Crippen LogP contribution in [0.4, 0.5) is 17.1 Å². The Morgan fingerprint density at radius 2 is 1.83 bits per heavy atom. The molecule has 1 fully saturated rings. The van der Waals surface area contributed by atoms with Gasteiger partial charge in [-0.3, -0.25) is 20.2 Å². The highest BCUT2D eigenvalue weighted by Gasteiger charge is 2.19. The van der Waals surface area contributed by atoms with Gasteiger partial charge in [0.25, 0.3) is 11.4 Å². The summed E-state index contributed by atoms with van der Waals surface area (Å²) in [7, 11) is 3.33. The highest BCUT2D eigenvalue weighted by molar-refractivity contribution is 8.76. The molecule has 0 atom stereocenters. The van der Waals surface area contributed by atoms with Crippen molar-refractivity contribution in [3.63, 3.8) is 0 Å². The van der Waals surface area contributed by atoms with E-state index >= 15 is 0 Å². The van der Waals surface area contributed by atoms with Gasteiger partial charge in [-0.15, -0.1) is 0 Å².